The van der Waals surface area contributed by atoms with Crippen molar-refractivity contribution in [1.82, 2.24) is 14.1 Å². The van der Waals surface area contributed by atoms with E-state index in [0.29, 0.717) is 6.10 Å². The Hall–Kier alpha value is 0.280. The fourth-order valence-electron chi connectivity index (χ4n) is 4.76. The monoisotopic (exact) mass is 415 g/mol. The van der Waals surface area contributed by atoms with Gasteiger partial charge >= 0.3 is 0 Å². The summed E-state index contributed by atoms with van der Waals surface area (Å²) in [5.41, 5.74) is -0.247. The van der Waals surface area contributed by atoms with Gasteiger partial charge in [0.1, 0.15) is 0 Å². The van der Waals surface area contributed by atoms with Crippen LogP contribution in [0.5, 0.6) is 0 Å². The van der Waals surface area contributed by atoms with Crippen LogP contribution in [0.3, 0.4) is 0 Å². The van der Waals surface area contributed by atoms with Gasteiger partial charge in [-0.15, -0.1) is 0 Å². The van der Waals surface area contributed by atoms with Gasteiger partial charge in [0.2, 0.25) is 0 Å². The molecule has 2 aliphatic heterocycles. The lowest BCUT2D eigenvalue weighted by molar-refractivity contribution is -0.0915. The van der Waals surface area contributed by atoms with Crippen molar-refractivity contribution in [3.8, 4) is 0 Å². The summed E-state index contributed by atoms with van der Waals surface area (Å²) in [4.78, 5) is 5.41. The number of nitrogens with zero attached hydrogens (tertiary/aromatic N) is 3. The molecular formula is C21H41N3OS2. The molecule has 27 heavy (non-hydrogen) atoms. The molecule has 0 N–H and O–H groups in total. The van der Waals surface area contributed by atoms with E-state index >= 15 is 0 Å². The van der Waals surface area contributed by atoms with Crippen LogP contribution in [0.25, 0.3) is 0 Å². The fraction of sp³-hybridized carbons (Fsp3) is 0.952. The van der Waals surface area contributed by atoms with Crippen LogP contribution in [0.15, 0.2) is 0 Å². The highest BCUT2D eigenvalue weighted by Gasteiger charge is 2.35. The SMILES string of the molecule is C[SH](C)N1CCC(CN2CCN(C[C@H]3C[C@H](OC(C)(C)C=S)C3)CC2)CC1. The van der Waals surface area contributed by atoms with Gasteiger partial charge in [0.15, 0.2) is 0 Å². The zero-order valence-electron chi connectivity index (χ0n) is 17.9. The van der Waals surface area contributed by atoms with Gasteiger partial charge in [-0.2, -0.15) is 0 Å². The number of rotatable bonds is 8. The molecule has 6 heteroatoms. The molecule has 3 fully saturated rings. The molecule has 0 aromatic carbocycles. The molecule has 2 saturated heterocycles. The molecule has 3 rings (SSSR count). The minimum absolute atomic E-state index is 0.117. The summed E-state index contributed by atoms with van der Waals surface area (Å²) >= 11 is 5.18. The van der Waals surface area contributed by atoms with Crippen LogP contribution in [-0.2, 0) is 4.74 Å². The number of piperidine rings is 1. The normalized spacial score (nSPS) is 30.1. The van der Waals surface area contributed by atoms with E-state index in [0.717, 1.165) is 11.8 Å². The molecule has 1 aliphatic carbocycles. The second-order valence-corrected chi connectivity index (χ2v) is 12.1. The van der Waals surface area contributed by atoms with E-state index < -0.39 is 0 Å². The minimum Gasteiger partial charge on any atom is -0.367 e. The van der Waals surface area contributed by atoms with Gasteiger partial charge < -0.3 is 14.5 Å². The van der Waals surface area contributed by atoms with E-state index in [1.54, 1.807) is 5.37 Å². The van der Waals surface area contributed by atoms with Crippen molar-refractivity contribution in [2.45, 2.75) is 51.2 Å². The average Bonchev–Trinajstić information content (AvgIpc) is 2.62. The zero-order chi connectivity index (χ0) is 19.4. The van der Waals surface area contributed by atoms with E-state index in [-0.39, 0.29) is 16.7 Å². The van der Waals surface area contributed by atoms with Crippen molar-refractivity contribution in [3.05, 3.63) is 0 Å². The third-order valence-corrected chi connectivity index (χ3v) is 8.70. The van der Waals surface area contributed by atoms with Crippen LogP contribution in [0, 0.1) is 11.8 Å². The summed E-state index contributed by atoms with van der Waals surface area (Å²) in [6, 6.07) is 0. The quantitative estimate of drug-likeness (QED) is 0.484. The summed E-state index contributed by atoms with van der Waals surface area (Å²) in [6.45, 7) is 14.4. The molecule has 0 unspecified atom stereocenters. The molecule has 0 aromatic rings. The molecular weight excluding hydrogens is 374 g/mol. The van der Waals surface area contributed by atoms with Crippen molar-refractivity contribution in [2.24, 2.45) is 11.8 Å². The first kappa shape index (κ1) is 22.0. The summed E-state index contributed by atoms with van der Waals surface area (Å²) in [5.74, 6) is 1.75. The maximum atomic E-state index is 6.08. The highest BCUT2D eigenvalue weighted by atomic mass is 32.2. The minimum atomic E-state index is -0.247. The van der Waals surface area contributed by atoms with E-state index in [2.05, 4.69) is 40.5 Å². The maximum Gasteiger partial charge on any atom is 0.0911 e. The first-order valence-corrected chi connectivity index (χ1v) is 13.5. The Balaban J connectivity index is 1.27. The number of piperazine rings is 1. The van der Waals surface area contributed by atoms with Gasteiger partial charge in [0.25, 0.3) is 0 Å². The van der Waals surface area contributed by atoms with Crippen LogP contribution in [-0.4, -0.2) is 96.0 Å². The lowest BCUT2D eigenvalue weighted by Gasteiger charge is -2.44. The van der Waals surface area contributed by atoms with Gasteiger partial charge in [-0.05, 0) is 63.9 Å². The van der Waals surface area contributed by atoms with Crippen LogP contribution in [0.1, 0.15) is 39.5 Å². The molecule has 158 valence electrons. The largest absolute Gasteiger partial charge is 0.367 e. The number of thiocarbonyl (C=S) groups is 1. The highest BCUT2D eigenvalue weighted by molar-refractivity contribution is 8.13. The van der Waals surface area contributed by atoms with Gasteiger partial charge in [0.05, 0.1) is 11.7 Å². The third-order valence-electron chi connectivity index (χ3n) is 6.60. The van der Waals surface area contributed by atoms with Gasteiger partial charge in [-0.25, -0.2) is 11.1 Å². The van der Waals surface area contributed by atoms with Gasteiger partial charge in [0, 0.05) is 57.7 Å². The fourth-order valence-corrected chi connectivity index (χ4v) is 5.85. The Morgan fingerprint density at radius 3 is 1.93 bits per heavy atom. The molecule has 0 radical (unpaired) electrons. The van der Waals surface area contributed by atoms with E-state index in [1.165, 1.54) is 78.0 Å². The molecule has 0 bridgehead atoms. The number of hydrogen-bond donors (Lipinski definition) is 1. The Morgan fingerprint density at radius 2 is 1.44 bits per heavy atom. The Morgan fingerprint density at radius 1 is 0.926 bits per heavy atom. The Labute approximate surface area is 175 Å². The van der Waals surface area contributed by atoms with E-state index in [9.17, 15) is 0 Å². The summed E-state index contributed by atoms with van der Waals surface area (Å²) in [7, 11) is 0. The second kappa shape index (κ2) is 9.86. The molecule has 0 spiro atoms. The van der Waals surface area contributed by atoms with Crippen molar-refractivity contribution in [2.75, 3.05) is 64.9 Å². The van der Waals surface area contributed by atoms with Crippen molar-refractivity contribution in [3.63, 3.8) is 0 Å². The number of thiol groups is 1. The standard InChI is InChI=1S/C21H41N3OS2/c1-21(2,17-26)25-20-13-19(14-20)16-23-11-9-22(10-12-23)15-18-5-7-24(8-6-18)27(3)4/h17-20,27H,5-16H2,1-4H3/t19-,20-. The summed E-state index contributed by atoms with van der Waals surface area (Å²) in [6.07, 6.45) is 10.4. The second-order valence-electron chi connectivity index (χ2n) is 9.64. The molecule has 4 nitrogen and oxygen atoms in total. The molecule has 2 heterocycles. The van der Waals surface area contributed by atoms with E-state index in [1.807, 2.05) is 0 Å². The predicted molar refractivity (Wildman–Crippen MR) is 123 cm³/mol. The lowest BCUT2D eigenvalue weighted by atomic mass is 9.81. The summed E-state index contributed by atoms with van der Waals surface area (Å²) < 4.78 is 8.78. The Bertz CT molecular complexity index is 466. The molecule has 3 aliphatic rings. The smallest absolute Gasteiger partial charge is 0.0911 e. The number of hydrogen-bond acceptors (Lipinski definition) is 5. The van der Waals surface area contributed by atoms with Crippen molar-refractivity contribution >= 4 is 28.7 Å². The Kier molecular flexibility index (Phi) is 8.02. The van der Waals surface area contributed by atoms with Crippen molar-refractivity contribution < 1.29 is 4.74 Å². The maximum absolute atomic E-state index is 6.08. The lowest BCUT2D eigenvalue weighted by Crippen LogP contribution is -2.51. The zero-order valence-corrected chi connectivity index (χ0v) is 19.6. The molecule has 0 amide bonds. The average molecular weight is 416 g/mol. The third kappa shape index (κ3) is 6.65. The predicted octanol–water partition coefficient (Wildman–Crippen LogP) is 3.07. The first-order valence-electron chi connectivity index (χ1n) is 10.9. The van der Waals surface area contributed by atoms with Crippen molar-refractivity contribution in [1.29, 1.82) is 0 Å². The van der Waals surface area contributed by atoms with Gasteiger partial charge in [-0.3, -0.25) is 4.31 Å². The van der Waals surface area contributed by atoms with Crippen LogP contribution >= 0.6 is 23.3 Å². The molecule has 0 atom stereocenters. The molecule has 1 saturated carbocycles. The van der Waals surface area contributed by atoms with E-state index in [4.69, 9.17) is 17.0 Å². The number of ether oxygens (including phenoxy) is 1. The van der Waals surface area contributed by atoms with Gasteiger partial charge in [-0.1, -0.05) is 12.2 Å². The topological polar surface area (TPSA) is 19.0 Å². The molecule has 0 aromatic heterocycles. The van der Waals surface area contributed by atoms with Crippen LogP contribution < -0.4 is 0 Å². The van der Waals surface area contributed by atoms with Crippen LogP contribution in [0.2, 0.25) is 0 Å². The highest BCUT2D eigenvalue weighted by Crippen LogP contribution is 2.34. The summed E-state index contributed by atoms with van der Waals surface area (Å²) in [5, 5.41) is 1.76. The first-order chi connectivity index (χ1) is 12.8. The van der Waals surface area contributed by atoms with Crippen LogP contribution in [0.4, 0.5) is 0 Å².